The summed E-state index contributed by atoms with van der Waals surface area (Å²) in [6, 6.07) is 6.88. The largest absolute Gasteiger partial charge is 0.0584 e. The predicted octanol–water partition coefficient (Wildman–Crippen LogP) is 4.11. The van der Waals surface area contributed by atoms with Crippen molar-refractivity contribution in [2.24, 2.45) is 0 Å². The maximum absolute atomic E-state index is 4.07. The van der Waals surface area contributed by atoms with Gasteiger partial charge >= 0.3 is 0 Å². The van der Waals surface area contributed by atoms with E-state index in [9.17, 15) is 0 Å². The standard InChI is InChI=1S/C12H14I/c1-8(2)10-5-11(9-3-4-9)7-12(13)6-10/h5-9H,1,3-4H2,2H3. The van der Waals surface area contributed by atoms with Gasteiger partial charge in [0, 0.05) is 3.57 Å². The molecular weight excluding hydrogens is 271 g/mol. The number of hydrogen-bond donors (Lipinski definition) is 0. The number of rotatable bonds is 2. The van der Waals surface area contributed by atoms with Gasteiger partial charge in [-0.15, -0.1) is 0 Å². The lowest BCUT2D eigenvalue weighted by atomic mass is 9.99. The molecular formula is C12H14I. The van der Waals surface area contributed by atoms with Crippen molar-refractivity contribution in [3.8, 4) is 0 Å². The van der Waals surface area contributed by atoms with Gasteiger partial charge in [-0.05, 0) is 77.5 Å². The van der Waals surface area contributed by atoms with Crippen LogP contribution in [0, 0.1) is 10.5 Å². The van der Waals surface area contributed by atoms with Gasteiger partial charge in [0.2, 0.25) is 0 Å². The third kappa shape index (κ3) is 2.25. The minimum absolute atomic E-state index is 0.409. The van der Waals surface area contributed by atoms with E-state index in [-0.39, 0.29) is 0 Å². The Morgan fingerprint density at radius 3 is 2.62 bits per heavy atom. The summed E-state index contributed by atoms with van der Waals surface area (Å²) >= 11 is 2.40. The first-order valence-electron chi connectivity index (χ1n) is 4.80. The van der Waals surface area contributed by atoms with Gasteiger partial charge in [-0.3, -0.25) is 0 Å². The van der Waals surface area contributed by atoms with Crippen LogP contribution >= 0.6 is 22.6 Å². The van der Waals surface area contributed by atoms with Crippen molar-refractivity contribution in [2.75, 3.05) is 0 Å². The van der Waals surface area contributed by atoms with E-state index in [0.29, 0.717) is 5.92 Å². The molecule has 0 saturated heterocycles. The van der Waals surface area contributed by atoms with Crippen molar-refractivity contribution in [1.82, 2.24) is 0 Å². The molecule has 2 rings (SSSR count). The Morgan fingerprint density at radius 1 is 1.38 bits per heavy atom. The van der Waals surface area contributed by atoms with Crippen molar-refractivity contribution in [2.45, 2.75) is 31.6 Å². The van der Waals surface area contributed by atoms with E-state index in [1.807, 2.05) is 0 Å². The lowest BCUT2D eigenvalue weighted by Gasteiger charge is -2.08. The monoisotopic (exact) mass is 285 g/mol. The molecule has 0 spiro atoms. The van der Waals surface area contributed by atoms with E-state index in [2.05, 4.69) is 54.6 Å². The molecule has 1 radical (unpaired) electrons. The van der Waals surface area contributed by atoms with Crippen molar-refractivity contribution < 1.29 is 0 Å². The van der Waals surface area contributed by atoms with Crippen molar-refractivity contribution in [1.29, 1.82) is 0 Å². The van der Waals surface area contributed by atoms with E-state index in [4.69, 9.17) is 0 Å². The van der Waals surface area contributed by atoms with Crippen molar-refractivity contribution in [3.05, 3.63) is 39.8 Å². The zero-order valence-corrected chi connectivity index (χ0v) is 10.0. The molecule has 0 aliphatic heterocycles. The summed E-state index contributed by atoms with van der Waals surface area (Å²) < 4.78 is 1.35. The first kappa shape index (κ1) is 9.50. The second-order valence-electron chi connectivity index (χ2n) is 3.99. The summed E-state index contributed by atoms with van der Waals surface area (Å²) in [5.41, 5.74) is 2.91. The molecule has 69 valence electrons. The van der Waals surface area contributed by atoms with Crippen LogP contribution in [0.15, 0.2) is 18.2 Å². The van der Waals surface area contributed by atoms with E-state index in [0.717, 1.165) is 5.92 Å². The zero-order valence-electron chi connectivity index (χ0n) is 7.89. The van der Waals surface area contributed by atoms with Gasteiger partial charge in [-0.1, -0.05) is 13.0 Å². The fourth-order valence-corrected chi connectivity index (χ4v) is 2.29. The Hall–Kier alpha value is -0.0500. The molecule has 0 N–H and O–H groups in total. The number of halogens is 1. The molecule has 1 aromatic carbocycles. The van der Waals surface area contributed by atoms with Crippen LogP contribution in [0.3, 0.4) is 0 Å². The van der Waals surface area contributed by atoms with E-state index >= 15 is 0 Å². The number of benzene rings is 1. The molecule has 1 fully saturated rings. The Balaban J connectivity index is 2.36. The summed E-state index contributed by atoms with van der Waals surface area (Å²) in [5.74, 6) is 1.26. The molecule has 1 heteroatoms. The molecule has 0 bridgehead atoms. The smallest absolute Gasteiger partial charge is 0.0136 e. The quantitative estimate of drug-likeness (QED) is 0.717. The van der Waals surface area contributed by atoms with Crippen LogP contribution in [0.5, 0.6) is 0 Å². The molecule has 1 aromatic rings. The third-order valence-corrected chi connectivity index (χ3v) is 3.18. The van der Waals surface area contributed by atoms with Crippen molar-refractivity contribution in [3.63, 3.8) is 0 Å². The second-order valence-corrected chi connectivity index (χ2v) is 5.24. The van der Waals surface area contributed by atoms with Crippen LogP contribution in [-0.2, 0) is 0 Å². The minimum atomic E-state index is 0.409. The summed E-state index contributed by atoms with van der Waals surface area (Å²) in [4.78, 5) is 0. The fraction of sp³-hybridized carbons (Fsp3) is 0.417. The van der Waals surface area contributed by atoms with Gasteiger partial charge in [-0.2, -0.15) is 0 Å². The van der Waals surface area contributed by atoms with E-state index in [1.54, 1.807) is 0 Å². The number of hydrogen-bond acceptors (Lipinski definition) is 0. The molecule has 13 heavy (non-hydrogen) atoms. The van der Waals surface area contributed by atoms with Gasteiger partial charge in [0.15, 0.2) is 0 Å². The highest BCUT2D eigenvalue weighted by molar-refractivity contribution is 14.1. The Kier molecular flexibility index (Phi) is 2.63. The summed E-state index contributed by atoms with van der Waals surface area (Å²) in [6.07, 6.45) is 2.76. The van der Waals surface area contributed by atoms with Gasteiger partial charge < -0.3 is 0 Å². The molecule has 0 heterocycles. The average Bonchev–Trinajstić information content (AvgIpc) is 2.85. The first-order valence-corrected chi connectivity index (χ1v) is 5.88. The van der Waals surface area contributed by atoms with Crippen LogP contribution in [-0.4, -0.2) is 0 Å². The summed E-state index contributed by atoms with van der Waals surface area (Å²) in [7, 11) is 0. The molecule has 0 nitrogen and oxygen atoms in total. The average molecular weight is 285 g/mol. The second kappa shape index (κ2) is 3.60. The highest BCUT2D eigenvalue weighted by Crippen LogP contribution is 2.41. The lowest BCUT2D eigenvalue weighted by molar-refractivity contribution is 0.951. The highest BCUT2D eigenvalue weighted by atomic mass is 127. The highest BCUT2D eigenvalue weighted by Gasteiger charge is 2.24. The fourth-order valence-electron chi connectivity index (χ4n) is 1.57. The molecule has 0 amide bonds. The molecule has 1 saturated carbocycles. The Morgan fingerprint density at radius 2 is 2.08 bits per heavy atom. The Labute approximate surface area is 93.9 Å². The maximum atomic E-state index is 4.07. The molecule has 0 aromatic heterocycles. The van der Waals surface area contributed by atoms with Crippen LogP contribution in [0.2, 0.25) is 0 Å². The topological polar surface area (TPSA) is 0 Å². The molecule has 1 aliphatic carbocycles. The molecule has 1 unspecified atom stereocenters. The molecule has 1 atom stereocenters. The lowest BCUT2D eigenvalue weighted by Crippen LogP contribution is -1.91. The van der Waals surface area contributed by atoms with Crippen LogP contribution in [0.25, 0.3) is 0 Å². The van der Waals surface area contributed by atoms with Crippen LogP contribution in [0.1, 0.15) is 42.7 Å². The normalized spacial score (nSPS) is 16.6. The van der Waals surface area contributed by atoms with E-state index in [1.165, 1.54) is 27.5 Å². The van der Waals surface area contributed by atoms with Gasteiger partial charge in [0.25, 0.3) is 0 Å². The summed E-state index contributed by atoms with van der Waals surface area (Å²) in [6.45, 7) is 6.22. The minimum Gasteiger partial charge on any atom is -0.0584 e. The van der Waals surface area contributed by atoms with Crippen LogP contribution in [0.4, 0.5) is 0 Å². The van der Waals surface area contributed by atoms with Gasteiger partial charge in [0.1, 0.15) is 0 Å². The zero-order chi connectivity index (χ0) is 9.42. The van der Waals surface area contributed by atoms with Gasteiger partial charge in [-0.25, -0.2) is 0 Å². The first-order chi connectivity index (χ1) is 6.16. The van der Waals surface area contributed by atoms with Crippen molar-refractivity contribution >= 4 is 22.6 Å². The maximum Gasteiger partial charge on any atom is 0.0136 e. The van der Waals surface area contributed by atoms with E-state index < -0.39 is 0 Å². The molecule has 1 aliphatic rings. The van der Waals surface area contributed by atoms with Crippen LogP contribution < -0.4 is 0 Å². The Bertz CT molecular complexity index is 291. The van der Waals surface area contributed by atoms with Gasteiger partial charge in [0.05, 0.1) is 0 Å². The third-order valence-electron chi connectivity index (χ3n) is 2.56. The summed E-state index contributed by atoms with van der Waals surface area (Å²) in [5, 5.41) is 0. The SMILES string of the molecule is [CH2]C(C)c1cc(I)cc(C2CC2)c1. The predicted molar refractivity (Wildman–Crippen MR) is 64.9 cm³/mol.